The summed E-state index contributed by atoms with van der Waals surface area (Å²) >= 11 is 0. The predicted octanol–water partition coefficient (Wildman–Crippen LogP) is 2.78. The maximum atomic E-state index is 4.42. The molecule has 1 aromatic carbocycles. The van der Waals surface area contributed by atoms with E-state index in [1.807, 2.05) is 12.3 Å². The van der Waals surface area contributed by atoms with E-state index in [2.05, 4.69) is 42.1 Å². The third kappa shape index (κ3) is 1.34. The number of fused-ring (bicyclic) bond motifs is 3. The van der Waals surface area contributed by atoms with Crippen LogP contribution >= 0.6 is 0 Å². The third-order valence-electron chi connectivity index (χ3n) is 3.76. The van der Waals surface area contributed by atoms with E-state index in [0.29, 0.717) is 6.04 Å². The van der Waals surface area contributed by atoms with Gasteiger partial charge in [-0.2, -0.15) is 0 Å². The molecule has 82 valence electrons. The first-order chi connectivity index (χ1) is 7.77. The second-order valence-electron chi connectivity index (χ2n) is 4.61. The second kappa shape index (κ2) is 3.56. The van der Waals surface area contributed by atoms with Crippen molar-refractivity contribution in [1.82, 2.24) is 9.88 Å². The van der Waals surface area contributed by atoms with Crippen LogP contribution in [0.5, 0.6) is 0 Å². The van der Waals surface area contributed by atoms with E-state index in [9.17, 15) is 0 Å². The molecule has 2 aromatic rings. The van der Waals surface area contributed by atoms with E-state index in [4.69, 9.17) is 0 Å². The van der Waals surface area contributed by atoms with Gasteiger partial charge in [0.1, 0.15) is 0 Å². The molecular weight excluding hydrogens is 196 g/mol. The van der Waals surface area contributed by atoms with Crippen molar-refractivity contribution in [3.05, 3.63) is 41.6 Å². The Morgan fingerprint density at radius 1 is 1.31 bits per heavy atom. The summed E-state index contributed by atoms with van der Waals surface area (Å²) in [7, 11) is 2.20. The molecule has 3 rings (SSSR count). The van der Waals surface area contributed by atoms with E-state index in [-0.39, 0.29) is 0 Å². The van der Waals surface area contributed by atoms with E-state index >= 15 is 0 Å². The Hall–Kier alpha value is -1.41. The lowest BCUT2D eigenvalue weighted by Gasteiger charge is -2.32. The Labute approximate surface area is 95.9 Å². The van der Waals surface area contributed by atoms with Gasteiger partial charge in [0.25, 0.3) is 0 Å². The zero-order chi connectivity index (χ0) is 11.1. The second-order valence-corrected chi connectivity index (χ2v) is 4.61. The normalized spacial score (nSPS) is 21.0. The van der Waals surface area contributed by atoms with E-state index < -0.39 is 0 Å². The van der Waals surface area contributed by atoms with Crippen molar-refractivity contribution in [2.75, 3.05) is 13.6 Å². The molecule has 16 heavy (non-hydrogen) atoms. The Balaban J connectivity index is 2.27. The lowest BCUT2D eigenvalue weighted by atomic mass is 9.91. The van der Waals surface area contributed by atoms with E-state index in [1.54, 1.807) is 0 Å². The van der Waals surface area contributed by atoms with Gasteiger partial charge < -0.3 is 0 Å². The van der Waals surface area contributed by atoms with Crippen LogP contribution in [-0.2, 0) is 6.42 Å². The van der Waals surface area contributed by atoms with Gasteiger partial charge in [-0.1, -0.05) is 12.1 Å². The zero-order valence-electron chi connectivity index (χ0n) is 9.77. The fraction of sp³-hybridized carbons (Fsp3) is 0.357. The molecule has 0 N–H and O–H groups in total. The summed E-state index contributed by atoms with van der Waals surface area (Å²) in [5.74, 6) is 0. The van der Waals surface area contributed by atoms with Gasteiger partial charge in [-0.15, -0.1) is 0 Å². The van der Waals surface area contributed by atoms with Crippen LogP contribution in [0.15, 0.2) is 30.5 Å². The molecule has 2 nitrogen and oxygen atoms in total. The summed E-state index contributed by atoms with van der Waals surface area (Å²) in [4.78, 5) is 6.83. The maximum Gasteiger partial charge on any atom is 0.0704 e. The fourth-order valence-electron chi connectivity index (χ4n) is 2.62. The molecule has 1 atom stereocenters. The molecule has 0 fully saturated rings. The smallest absolute Gasteiger partial charge is 0.0704 e. The van der Waals surface area contributed by atoms with Crippen LogP contribution in [0.3, 0.4) is 0 Å². The number of benzene rings is 1. The van der Waals surface area contributed by atoms with Gasteiger partial charge >= 0.3 is 0 Å². The monoisotopic (exact) mass is 212 g/mol. The summed E-state index contributed by atoms with van der Waals surface area (Å²) in [6.45, 7) is 3.42. The molecule has 0 aliphatic carbocycles. The average Bonchev–Trinajstić information content (AvgIpc) is 2.33. The highest BCUT2D eigenvalue weighted by Crippen LogP contribution is 2.32. The van der Waals surface area contributed by atoms with Gasteiger partial charge in [-0.05, 0) is 43.7 Å². The van der Waals surface area contributed by atoms with Gasteiger partial charge in [0.15, 0.2) is 0 Å². The number of aromatic nitrogens is 1. The fourth-order valence-corrected chi connectivity index (χ4v) is 2.62. The van der Waals surface area contributed by atoms with Crippen molar-refractivity contribution >= 4 is 10.9 Å². The number of hydrogen-bond acceptors (Lipinski definition) is 2. The Morgan fingerprint density at radius 2 is 2.19 bits per heavy atom. The van der Waals surface area contributed by atoms with Crippen molar-refractivity contribution in [3.63, 3.8) is 0 Å². The molecule has 0 bridgehead atoms. The minimum atomic E-state index is 0.522. The summed E-state index contributed by atoms with van der Waals surface area (Å²) < 4.78 is 0. The van der Waals surface area contributed by atoms with Gasteiger partial charge in [0.2, 0.25) is 0 Å². The van der Waals surface area contributed by atoms with Crippen molar-refractivity contribution in [2.24, 2.45) is 0 Å². The number of nitrogens with zero attached hydrogens (tertiary/aromatic N) is 2. The first-order valence-electron chi connectivity index (χ1n) is 5.84. The zero-order valence-corrected chi connectivity index (χ0v) is 9.77. The molecule has 0 spiro atoms. The predicted molar refractivity (Wildman–Crippen MR) is 66.5 cm³/mol. The van der Waals surface area contributed by atoms with Gasteiger partial charge in [-0.25, -0.2) is 0 Å². The molecular formula is C14H16N2. The van der Waals surface area contributed by atoms with Crippen LogP contribution in [0.2, 0.25) is 0 Å². The van der Waals surface area contributed by atoms with Crippen LogP contribution in [0.1, 0.15) is 24.1 Å². The molecule has 1 aliphatic rings. The van der Waals surface area contributed by atoms with E-state index in [1.165, 1.54) is 16.5 Å². The molecule has 0 amide bonds. The van der Waals surface area contributed by atoms with Crippen LogP contribution in [0.4, 0.5) is 0 Å². The van der Waals surface area contributed by atoms with Crippen LogP contribution in [0.25, 0.3) is 10.9 Å². The average molecular weight is 212 g/mol. The lowest BCUT2D eigenvalue weighted by Crippen LogP contribution is -2.30. The molecule has 0 saturated carbocycles. The molecule has 1 unspecified atom stereocenters. The molecule has 1 aliphatic heterocycles. The number of likely N-dealkylation sites (N-methyl/N-ethyl adjacent to an activating group) is 1. The molecule has 2 heterocycles. The minimum Gasteiger partial charge on any atom is -0.299 e. The first-order valence-corrected chi connectivity index (χ1v) is 5.84. The summed E-state index contributed by atoms with van der Waals surface area (Å²) in [6, 6.07) is 9.13. The highest BCUT2D eigenvalue weighted by Gasteiger charge is 2.22. The topological polar surface area (TPSA) is 16.1 Å². The summed E-state index contributed by atoms with van der Waals surface area (Å²) in [5.41, 5.74) is 4.09. The number of rotatable bonds is 0. The van der Waals surface area contributed by atoms with Gasteiger partial charge in [0.05, 0.1) is 5.52 Å². The SMILES string of the molecule is CC1c2ccc3ncccc3c2CCN1C. The van der Waals surface area contributed by atoms with Crippen molar-refractivity contribution in [1.29, 1.82) is 0 Å². The summed E-state index contributed by atoms with van der Waals surface area (Å²) in [5, 5.41) is 1.33. The molecule has 2 heteroatoms. The highest BCUT2D eigenvalue weighted by molar-refractivity contribution is 5.83. The van der Waals surface area contributed by atoms with E-state index in [0.717, 1.165) is 18.5 Å². The minimum absolute atomic E-state index is 0.522. The maximum absolute atomic E-state index is 4.42. The van der Waals surface area contributed by atoms with Gasteiger partial charge in [0, 0.05) is 24.2 Å². The quantitative estimate of drug-likeness (QED) is 0.667. The Kier molecular flexibility index (Phi) is 2.18. The Morgan fingerprint density at radius 3 is 3.06 bits per heavy atom. The van der Waals surface area contributed by atoms with Crippen LogP contribution < -0.4 is 0 Å². The van der Waals surface area contributed by atoms with Crippen molar-refractivity contribution in [2.45, 2.75) is 19.4 Å². The van der Waals surface area contributed by atoms with Crippen molar-refractivity contribution < 1.29 is 0 Å². The standard InChI is InChI=1S/C14H16N2/c1-10-11-5-6-14-13(4-3-8-15-14)12(11)7-9-16(10)2/h3-6,8,10H,7,9H2,1-2H3. The first kappa shape index (κ1) is 9.79. The summed E-state index contributed by atoms with van der Waals surface area (Å²) in [6.07, 6.45) is 3.01. The largest absolute Gasteiger partial charge is 0.299 e. The highest BCUT2D eigenvalue weighted by atomic mass is 15.1. The number of hydrogen-bond donors (Lipinski definition) is 0. The molecule has 0 saturated heterocycles. The lowest BCUT2D eigenvalue weighted by molar-refractivity contribution is 0.248. The van der Waals surface area contributed by atoms with Crippen molar-refractivity contribution in [3.8, 4) is 0 Å². The molecule has 0 radical (unpaired) electrons. The molecule has 1 aromatic heterocycles. The van der Waals surface area contributed by atoms with Crippen LogP contribution in [-0.4, -0.2) is 23.5 Å². The third-order valence-corrected chi connectivity index (χ3v) is 3.76. The number of pyridine rings is 1. The van der Waals surface area contributed by atoms with Crippen LogP contribution in [0, 0.1) is 0 Å². The Bertz CT molecular complexity index is 533. The van der Waals surface area contributed by atoms with Gasteiger partial charge in [-0.3, -0.25) is 9.88 Å².